The van der Waals surface area contributed by atoms with Crippen molar-refractivity contribution in [1.29, 1.82) is 0 Å². The third-order valence-electron chi connectivity index (χ3n) is 6.42. The Morgan fingerprint density at radius 2 is 1.84 bits per heavy atom. The predicted octanol–water partition coefficient (Wildman–Crippen LogP) is 6.81. The van der Waals surface area contributed by atoms with Crippen LogP contribution in [-0.2, 0) is 7.05 Å². The molecule has 7 nitrogen and oxygen atoms in total. The van der Waals surface area contributed by atoms with Crippen molar-refractivity contribution in [3.05, 3.63) is 95.6 Å². The molecule has 0 bridgehead atoms. The van der Waals surface area contributed by atoms with E-state index < -0.39 is 12.4 Å². The number of hydrogen-bond donors (Lipinski definition) is 2. The first-order valence-electron chi connectivity index (χ1n) is 12.0. The van der Waals surface area contributed by atoms with Crippen LogP contribution in [0.3, 0.4) is 0 Å². The van der Waals surface area contributed by atoms with E-state index in [-0.39, 0.29) is 17.3 Å². The van der Waals surface area contributed by atoms with Crippen LogP contribution in [0.2, 0.25) is 0 Å². The molecule has 5 rings (SSSR count). The van der Waals surface area contributed by atoms with Gasteiger partial charge in [-0.05, 0) is 55.3 Å². The van der Waals surface area contributed by atoms with Crippen LogP contribution in [-0.4, -0.2) is 30.8 Å². The summed E-state index contributed by atoms with van der Waals surface area (Å²) in [5.41, 5.74) is 4.73. The topological polar surface area (TPSA) is 92.9 Å². The molecule has 3 heterocycles. The molecule has 1 atom stereocenters. The maximum absolute atomic E-state index is 14.2. The maximum atomic E-state index is 14.2. The molecule has 38 heavy (non-hydrogen) atoms. The molecular formula is C29H25F2N5O2. The van der Waals surface area contributed by atoms with Gasteiger partial charge in [0.25, 0.3) is 6.43 Å². The van der Waals surface area contributed by atoms with Crippen molar-refractivity contribution < 1.29 is 18.7 Å². The van der Waals surface area contributed by atoms with E-state index in [1.54, 1.807) is 59.5 Å². The first-order valence-corrected chi connectivity index (χ1v) is 12.0. The van der Waals surface area contributed by atoms with Gasteiger partial charge in [-0.1, -0.05) is 24.3 Å². The molecule has 0 radical (unpaired) electrons. The van der Waals surface area contributed by atoms with E-state index in [9.17, 15) is 18.7 Å². The molecule has 0 amide bonds. The number of fused-ring (bicyclic) bond motifs is 1. The number of carbonyl (C=O) groups is 1. The first-order chi connectivity index (χ1) is 18.2. The average molecular weight is 514 g/mol. The first kappa shape index (κ1) is 25.0. The van der Waals surface area contributed by atoms with Crippen molar-refractivity contribution in [2.75, 3.05) is 5.32 Å². The molecule has 0 aliphatic rings. The largest absolute Gasteiger partial charge is 0.478 e. The monoisotopic (exact) mass is 513 g/mol. The van der Waals surface area contributed by atoms with Crippen LogP contribution < -0.4 is 5.32 Å². The highest BCUT2D eigenvalue weighted by atomic mass is 19.3. The van der Waals surface area contributed by atoms with Gasteiger partial charge in [-0.2, -0.15) is 5.10 Å². The van der Waals surface area contributed by atoms with Crippen LogP contribution in [0.15, 0.2) is 73.2 Å². The van der Waals surface area contributed by atoms with Crippen LogP contribution in [0.1, 0.15) is 46.6 Å². The Morgan fingerprint density at radius 1 is 1.05 bits per heavy atom. The molecule has 0 saturated heterocycles. The predicted molar refractivity (Wildman–Crippen MR) is 142 cm³/mol. The van der Waals surface area contributed by atoms with Gasteiger partial charge in [-0.15, -0.1) is 0 Å². The summed E-state index contributed by atoms with van der Waals surface area (Å²) in [6.07, 6.45) is 2.30. The van der Waals surface area contributed by atoms with Crippen molar-refractivity contribution >= 4 is 22.6 Å². The lowest BCUT2D eigenvalue weighted by Gasteiger charge is -2.21. The van der Waals surface area contributed by atoms with Crippen molar-refractivity contribution in [2.24, 2.45) is 7.05 Å². The van der Waals surface area contributed by atoms with Crippen LogP contribution in [0, 0.1) is 6.92 Å². The molecule has 5 aromatic rings. The fraction of sp³-hybridized carbons (Fsp3) is 0.172. The number of halogens is 2. The number of nitrogens with zero attached hydrogens (tertiary/aromatic N) is 4. The Morgan fingerprint density at radius 3 is 2.50 bits per heavy atom. The third-order valence-corrected chi connectivity index (χ3v) is 6.42. The number of pyridine rings is 2. The number of para-hydroxylation sites is 1. The lowest BCUT2D eigenvalue weighted by Crippen LogP contribution is -2.11. The summed E-state index contributed by atoms with van der Waals surface area (Å²) in [6.45, 7) is 3.78. The quantitative estimate of drug-likeness (QED) is 0.248. The number of nitrogens with one attached hydrogen (secondary N) is 1. The van der Waals surface area contributed by atoms with Crippen molar-refractivity contribution in [1.82, 2.24) is 19.7 Å². The number of alkyl halides is 2. The second-order valence-corrected chi connectivity index (χ2v) is 9.19. The molecule has 0 aliphatic heterocycles. The van der Waals surface area contributed by atoms with Crippen LogP contribution >= 0.6 is 0 Å². The minimum atomic E-state index is -2.78. The van der Waals surface area contributed by atoms with E-state index in [2.05, 4.69) is 20.4 Å². The molecule has 0 unspecified atom stereocenters. The summed E-state index contributed by atoms with van der Waals surface area (Å²) in [5.74, 6) is -1.04. The highest BCUT2D eigenvalue weighted by Crippen LogP contribution is 2.36. The third kappa shape index (κ3) is 4.82. The van der Waals surface area contributed by atoms with Crippen LogP contribution in [0.5, 0.6) is 0 Å². The number of benzene rings is 2. The number of carboxylic acid groups (broad SMARTS) is 1. The summed E-state index contributed by atoms with van der Waals surface area (Å²) in [7, 11) is 1.81. The number of aromatic nitrogens is 4. The zero-order valence-electron chi connectivity index (χ0n) is 21.0. The lowest BCUT2D eigenvalue weighted by atomic mass is 9.95. The molecule has 2 aromatic carbocycles. The highest BCUT2D eigenvalue weighted by molar-refractivity contribution is 5.94. The number of hydrogen-bond acceptors (Lipinski definition) is 5. The molecular weight excluding hydrogens is 488 g/mol. The van der Waals surface area contributed by atoms with Gasteiger partial charge in [0.2, 0.25) is 0 Å². The molecule has 3 aromatic heterocycles. The van der Waals surface area contributed by atoms with Gasteiger partial charge in [-0.25, -0.2) is 18.6 Å². The molecule has 192 valence electrons. The van der Waals surface area contributed by atoms with Crippen LogP contribution in [0.25, 0.3) is 33.3 Å². The maximum Gasteiger partial charge on any atom is 0.337 e. The van der Waals surface area contributed by atoms with Gasteiger partial charge in [0, 0.05) is 53.2 Å². The summed E-state index contributed by atoms with van der Waals surface area (Å²) in [5, 5.41) is 17.7. The highest BCUT2D eigenvalue weighted by Gasteiger charge is 2.21. The smallest absolute Gasteiger partial charge is 0.337 e. The number of aromatic carboxylic acids is 1. The molecule has 2 N–H and O–H groups in total. The molecule has 0 saturated carbocycles. The minimum Gasteiger partial charge on any atom is -0.478 e. The van der Waals surface area contributed by atoms with Crippen LogP contribution in [0.4, 0.5) is 14.5 Å². The standard InChI is InChI=1S/C29H25F2N5O2/c1-16-10-21(17(2)34-25-7-5-4-6-20(25)29(37)38)23-12-22(27(28(30)31)35-26(23)11-16)18-8-9-24(32-13-18)19-14-33-36(3)15-19/h4-15,17,28,34H,1-3H3,(H,37,38)/t17-/m0/s1. The van der Waals surface area contributed by atoms with E-state index in [0.29, 0.717) is 33.4 Å². The number of anilines is 1. The number of rotatable bonds is 7. The zero-order valence-corrected chi connectivity index (χ0v) is 21.0. The van der Waals surface area contributed by atoms with Gasteiger partial charge >= 0.3 is 5.97 Å². The van der Waals surface area contributed by atoms with Gasteiger partial charge in [-0.3, -0.25) is 9.67 Å². The van der Waals surface area contributed by atoms with E-state index in [4.69, 9.17) is 0 Å². The second-order valence-electron chi connectivity index (χ2n) is 9.19. The van der Waals surface area contributed by atoms with Crippen molar-refractivity contribution in [2.45, 2.75) is 26.3 Å². The SMILES string of the molecule is Cc1cc([C@H](C)Nc2ccccc2C(=O)O)c2cc(-c3ccc(-c4cnn(C)c4)nc3)c(C(F)F)nc2c1. The van der Waals surface area contributed by atoms with E-state index in [1.807, 2.05) is 33.2 Å². The Kier molecular flexibility index (Phi) is 6.59. The number of carboxylic acids is 1. The zero-order chi connectivity index (χ0) is 27.0. The van der Waals surface area contributed by atoms with Crippen molar-refractivity contribution in [3.8, 4) is 22.4 Å². The minimum absolute atomic E-state index is 0.148. The van der Waals surface area contributed by atoms with Gasteiger partial charge in [0.1, 0.15) is 5.69 Å². The fourth-order valence-corrected chi connectivity index (χ4v) is 4.60. The Hall–Kier alpha value is -4.66. The normalized spacial score (nSPS) is 12.2. The molecule has 0 spiro atoms. The summed E-state index contributed by atoms with van der Waals surface area (Å²) in [4.78, 5) is 20.6. The summed E-state index contributed by atoms with van der Waals surface area (Å²) in [6, 6.07) is 15.3. The molecule has 0 aliphatic carbocycles. The van der Waals surface area contributed by atoms with E-state index in [1.165, 1.54) is 6.07 Å². The molecule has 0 fully saturated rings. The Labute approximate surface area is 217 Å². The lowest BCUT2D eigenvalue weighted by molar-refractivity contribution is 0.0698. The number of aryl methyl sites for hydroxylation is 2. The van der Waals surface area contributed by atoms with Gasteiger partial charge in [0.05, 0.1) is 23.0 Å². The molecule has 9 heteroatoms. The fourth-order valence-electron chi connectivity index (χ4n) is 4.60. The summed E-state index contributed by atoms with van der Waals surface area (Å²) < 4.78 is 30.1. The van der Waals surface area contributed by atoms with E-state index in [0.717, 1.165) is 16.7 Å². The van der Waals surface area contributed by atoms with Gasteiger partial charge in [0.15, 0.2) is 0 Å². The Bertz CT molecular complexity index is 1650. The Balaban J connectivity index is 1.61. The van der Waals surface area contributed by atoms with Crippen molar-refractivity contribution in [3.63, 3.8) is 0 Å². The second kappa shape index (κ2) is 10.0. The average Bonchev–Trinajstić information content (AvgIpc) is 3.33. The van der Waals surface area contributed by atoms with Gasteiger partial charge < -0.3 is 10.4 Å². The summed E-state index contributed by atoms with van der Waals surface area (Å²) >= 11 is 0. The van der Waals surface area contributed by atoms with E-state index >= 15 is 0 Å².